The molecule has 4 rings (SSSR count). The van der Waals surface area contributed by atoms with E-state index in [0.717, 1.165) is 21.5 Å². The molecule has 4 aromatic carbocycles. The normalized spacial score (nSPS) is 10.6. The molecule has 0 amide bonds. The molecular weight excluding hydrogens is 320 g/mol. The minimum absolute atomic E-state index is 0.422. The minimum Gasteiger partial charge on any atom is -0.285 e. The first-order valence-electron chi connectivity index (χ1n) is 8.46. The maximum atomic E-state index is 12.9. The molecule has 0 unspecified atom stereocenters. The van der Waals surface area contributed by atoms with Gasteiger partial charge in [0, 0.05) is 10.8 Å². The van der Waals surface area contributed by atoms with Crippen molar-refractivity contribution in [3.8, 4) is 0 Å². The summed E-state index contributed by atoms with van der Waals surface area (Å²) in [4.78, 5) is 25.7. The van der Waals surface area contributed by atoms with E-state index >= 15 is 0 Å². The molecule has 0 fully saturated rings. The summed E-state index contributed by atoms with van der Waals surface area (Å²) in [6.45, 7) is 0. The molecule has 0 saturated heterocycles. The van der Waals surface area contributed by atoms with Crippen LogP contribution < -0.4 is 10.9 Å². The van der Waals surface area contributed by atoms with Gasteiger partial charge in [-0.1, -0.05) is 97.1 Å². The molecule has 0 bridgehead atoms. The highest BCUT2D eigenvalue weighted by Gasteiger charge is 2.01. The van der Waals surface area contributed by atoms with E-state index in [-0.39, 0.29) is 0 Å². The van der Waals surface area contributed by atoms with Crippen LogP contribution in [0, 0.1) is 0 Å². The van der Waals surface area contributed by atoms with Gasteiger partial charge in [0.1, 0.15) is 0 Å². The lowest BCUT2D eigenvalue weighted by atomic mass is 10.1. The summed E-state index contributed by atoms with van der Waals surface area (Å²) in [7, 11) is 0. The molecule has 26 heavy (non-hydrogen) atoms. The molecule has 0 N–H and O–H groups in total. The van der Waals surface area contributed by atoms with Crippen molar-refractivity contribution in [3.63, 3.8) is 0 Å². The molecule has 0 radical (unpaired) electrons. The summed E-state index contributed by atoms with van der Waals surface area (Å²) in [5, 5.41) is 4.42. The third kappa shape index (κ3) is 2.93. The zero-order valence-electron chi connectivity index (χ0n) is 14.1. The summed E-state index contributed by atoms with van der Waals surface area (Å²) < 4.78 is 0. The van der Waals surface area contributed by atoms with Crippen molar-refractivity contribution in [1.82, 2.24) is 0 Å². The molecule has 0 aliphatic rings. The maximum Gasteiger partial charge on any atom is 0.234 e. The second-order valence-electron chi connectivity index (χ2n) is 6.13. The average molecular weight is 336 g/mol. The van der Waals surface area contributed by atoms with Crippen LogP contribution in [0.15, 0.2) is 107 Å². The first-order valence-corrected chi connectivity index (χ1v) is 8.46. The molecule has 124 valence electrons. The van der Waals surface area contributed by atoms with Gasteiger partial charge in [-0.3, -0.25) is 9.59 Å². The van der Waals surface area contributed by atoms with E-state index in [2.05, 4.69) is 0 Å². The Balaban J connectivity index is 2.35. The van der Waals surface area contributed by atoms with Crippen molar-refractivity contribution in [2.45, 2.75) is 0 Å². The SMILES string of the molecule is O=c1c(=O)c2ccccc2ccc2ccccc2ccc2ccccc12. The van der Waals surface area contributed by atoms with Crippen LogP contribution in [-0.4, -0.2) is 0 Å². The number of rotatable bonds is 0. The zero-order valence-corrected chi connectivity index (χ0v) is 14.1. The molecule has 0 spiro atoms. The van der Waals surface area contributed by atoms with E-state index in [1.54, 1.807) is 24.3 Å². The highest BCUT2D eigenvalue weighted by Crippen LogP contribution is 2.14. The van der Waals surface area contributed by atoms with Crippen LogP contribution >= 0.6 is 0 Å². The third-order valence-corrected chi connectivity index (χ3v) is 4.50. The average Bonchev–Trinajstić information content (AvgIpc) is 2.70. The predicted octanol–water partition coefficient (Wildman–Crippen LogP) is 4.99. The molecule has 0 aliphatic heterocycles. The summed E-state index contributed by atoms with van der Waals surface area (Å²) in [6.07, 6.45) is 0. The van der Waals surface area contributed by atoms with Gasteiger partial charge in [0.05, 0.1) is 0 Å². The van der Waals surface area contributed by atoms with Crippen molar-refractivity contribution < 1.29 is 0 Å². The molecular formula is C24H16O2. The van der Waals surface area contributed by atoms with Crippen LogP contribution in [0.25, 0.3) is 32.3 Å². The Labute approximate surface area is 150 Å². The third-order valence-electron chi connectivity index (χ3n) is 4.50. The van der Waals surface area contributed by atoms with Gasteiger partial charge in [-0.25, -0.2) is 0 Å². The highest BCUT2D eigenvalue weighted by atomic mass is 16.2. The zero-order chi connectivity index (χ0) is 17.9. The quantitative estimate of drug-likeness (QED) is 0.424. The Morgan fingerprint density at radius 2 is 0.654 bits per heavy atom. The summed E-state index contributed by atoms with van der Waals surface area (Å²) in [5.41, 5.74) is -0.972. The fourth-order valence-electron chi connectivity index (χ4n) is 3.12. The standard InChI is InChI=1S/C24H16O2/c25-23-21-11-5-3-9-19(21)15-13-17-7-1-2-8-18(17)14-16-20-10-4-6-12-22(20)24(23)26/h1-16H. The number of benzene rings is 3. The fourth-order valence-corrected chi connectivity index (χ4v) is 3.12. The number of hydrogen-bond acceptors (Lipinski definition) is 2. The van der Waals surface area contributed by atoms with Crippen LogP contribution in [-0.2, 0) is 0 Å². The smallest absolute Gasteiger partial charge is 0.234 e. The molecule has 0 atom stereocenters. The molecule has 0 aromatic heterocycles. The van der Waals surface area contributed by atoms with E-state index in [1.807, 2.05) is 72.8 Å². The predicted molar refractivity (Wildman–Crippen MR) is 109 cm³/mol. The van der Waals surface area contributed by atoms with Crippen LogP contribution in [0.4, 0.5) is 0 Å². The van der Waals surface area contributed by atoms with E-state index in [9.17, 15) is 9.59 Å². The fraction of sp³-hybridized carbons (Fsp3) is 0. The van der Waals surface area contributed by atoms with Gasteiger partial charge in [0.2, 0.25) is 10.9 Å². The van der Waals surface area contributed by atoms with Crippen LogP contribution in [0.1, 0.15) is 0 Å². The van der Waals surface area contributed by atoms with Gasteiger partial charge in [-0.05, 0) is 21.5 Å². The lowest BCUT2D eigenvalue weighted by molar-refractivity contribution is 1.60. The molecule has 0 heterocycles. The number of fused-ring (bicyclic) bond motifs is 3. The molecule has 0 aliphatic carbocycles. The van der Waals surface area contributed by atoms with Crippen molar-refractivity contribution in [1.29, 1.82) is 0 Å². The lowest BCUT2D eigenvalue weighted by Crippen LogP contribution is -2.21. The Morgan fingerprint density at radius 3 is 1.08 bits per heavy atom. The van der Waals surface area contributed by atoms with Crippen molar-refractivity contribution in [3.05, 3.63) is 118 Å². The first-order chi connectivity index (χ1) is 12.7. The second kappa shape index (κ2) is 6.77. The summed E-state index contributed by atoms with van der Waals surface area (Å²) in [6, 6.07) is 30.2. The van der Waals surface area contributed by atoms with E-state index in [1.165, 1.54) is 0 Å². The van der Waals surface area contributed by atoms with Gasteiger partial charge in [0.15, 0.2) is 0 Å². The summed E-state index contributed by atoms with van der Waals surface area (Å²) >= 11 is 0. The second-order valence-corrected chi connectivity index (χ2v) is 6.13. The summed E-state index contributed by atoms with van der Waals surface area (Å²) in [5.74, 6) is 0. The topological polar surface area (TPSA) is 34.1 Å². The van der Waals surface area contributed by atoms with E-state index < -0.39 is 10.9 Å². The lowest BCUT2D eigenvalue weighted by Gasteiger charge is -1.95. The Kier molecular flexibility index (Phi) is 4.16. The van der Waals surface area contributed by atoms with Gasteiger partial charge in [0.25, 0.3) is 0 Å². The maximum absolute atomic E-state index is 12.9. The largest absolute Gasteiger partial charge is 0.285 e. The van der Waals surface area contributed by atoms with Crippen LogP contribution in [0.2, 0.25) is 0 Å². The monoisotopic (exact) mass is 336 g/mol. The van der Waals surface area contributed by atoms with Crippen molar-refractivity contribution >= 4 is 32.3 Å². The van der Waals surface area contributed by atoms with Crippen LogP contribution in [0.5, 0.6) is 0 Å². The molecule has 2 nitrogen and oxygen atoms in total. The van der Waals surface area contributed by atoms with E-state index in [0.29, 0.717) is 10.8 Å². The van der Waals surface area contributed by atoms with Crippen molar-refractivity contribution in [2.24, 2.45) is 0 Å². The Hall–Kier alpha value is -3.52. The van der Waals surface area contributed by atoms with Gasteiger partial charge in [-0.2, -0.15) is 0 Å². The minimum atomic E-state index is -0.486. The van der Waals surface area contributed by atoms with Crippen molar-refractivity contribution in [2.75, 3.05) is 0 Å². The first kappa shape index (κ1) is 16.0. The molecule has 2 heteroatoms. The molecule has 0 saturated carbocycles. The van der Waals surface area contributed by atoms with E-state index in [4.69, 9.17) is 0 Å². The highest BCUT2D eigenvalue weighted by molar-refractivity contribution is 5.88. The van der Waals surface area contributed by atoms with Gasteiger partial charge >= 0.3 is 0 Å². The Morgan fingerprint density at radius 1 is 0.346 bits per heavy atom. The Bertz CT molecular complexity index is 1220. The van der Waals surface area contributed by atoms with Gasteiger partial charge in [-0.15, -0.1) is 0 Å². The number of hydrogen-bond donors (Lipinski definition) is 0. The van der Waals surface area contributed by atoms with Crippen LogP contribution in [0.3, 0.4) is 0 Å². The molecule has 4 aromatic rings. The van der Waals surface area contributed by atoms with Gasteiger partial charge < -0.3 is 0 Å².